The van der Waals surface area contributed by atoms with E-state index in [4.69, 9.17) is 4.74 Å². The molecule has 0 unspecified atom stereocenters. The number of rotatable bonds is 4. The lowest BCUT2D eigenvalue weighted by molar-refractivity contribution is -0.149. The fourth-order valence-corrected chi connectivity index (χ4v) is 3.41. The Hall–Kier alpha value is -3.14. The largest absolute Gasteiger partial charge is 0.461 e. The molecule has 1 saturated heterocycles. The predicted octanol–water partition coefficient (Wildman–Crippen LogP) is 3.94. The topological polar surface area (TPSA) is 46.6 Å². The number of esters is 1. The highest BCUT2D eigenvalue weighted by Gasteiger charge is 2.36. The summed E-state index contributed by atoms with van der Waals surface area (Å²) in [5.74, 6) is -0.772. The quantitative estimate of drug-likeness (QED) is 0.673. The summed E-state index contributed by atoms with van der Waals surface area (Å²) < 4.78 is 5.53. The molecule has 0 saturated carbocycles. The third-order valence-electron chi connectivity index (χ3n) is 4.78. The smallest absolute Gasteiger partial charge is 0.311 e. The molecule has 26 heavy (non-hydrogen) atoms. The van der Waals surface area contributed by atoms with Crippen LogP contribution in [0.3, 0.4) is 0 Å². The van der Waals surface area contributed by atoms with Crippen LogP contribution < -0.4 is 4.90 Å². The van der Waals surface area contributed by atoms with Gasteiger partial charge < -0.3 is 9.64 Å². The van der Waals surface area contributed by atoms with Crippen LogP contribution >= 0.6 is 0 Å². The van der Waals surface area contributed by atoms with Crippen molar-refractivity contribution in [1.29, 1.82) is 0 Å². The summed E-state index contributed by atoms with van der Waals surface area (Å²) in [6, 6.07) is 23.4. The van der Waals surface area contributed by atoms with Gasteiger partial charge in [-0.1, -0.05) is 60.7 Å². The third kappa shape index (κ3) is 3.18. The first-order valence-electron chi connectivity index (χ1n) is 8.71. The molecule has 3 aromatic carbocycles. The first kappa shape index (κ1) is 16.3. The molecule has 4 rings (SSSR count). The Morgan fingerprint density at radius 3 is 2.54 bits per heavy atom. The Morgan fingerprint density at radius 1 is 0.962 bits per heavy atom. The van der Waals surface area contributed by atoms with Gasteiger partial charge in [-0.05, 0) is 28.5 Å². The summed E-state index contributed by atoms with van der Waals surface area (Å²) in [5.41, 5.74) is 1.79. The van der Waals surface area contributed by atoms with Crippen LogP contribution in [0.25, 0.3) is 10.8 Å². The summed E-state index contributed by atoms with van der Waals surface area (Å²) >= 11 is 0. The molecular weight excluding hydrogens is 326 g/mol. The van der Waals surface area contributed by atoms with Gasteiger partial charge in [0.05, 0.1) is 5.92 Å². The molecule has 1 heterocycles. The van der Waals surface area contributed by atoms with Crippen LogP contribution in [-0.2, 0) is 20.9 Å². The number of carbonyl (C=O) groups is 2. The molecule has 0 spiro atoms. The van der Waals surface area contributed by atoms with Crippen molar-refractivity contribution in [2.24, 2.45) is 5.92 Å². The number of ether oxygens (including phenoxy) is 1. The zero-order chi connectivity index (χ0) is 17.9. The van der Waals surface area contributed by atoms with E-state index >= 15 is 0 Å². The van der Waals surface area contributed by atoms with Crippen molar-refractivity contribution in [1.82, 2.24) is 0 Å². The fourth-order valence-electron chi connectivity index (χ4n) is 3.41. The number of carbonyl (C=O) groups excluding carboxylic acids is 2. The Balaban J connectivity index is 1.43. The normalized spacial score (nSPS) is 16.8. The van der Waals surface area contributed by atoms with Crippen LogP contribution in [0.4, 0.5) is 5.69 Å². The summed E-state index contributed by atoms with van der Waals surface area (Å²) in [5, 5.41) is 2.20. The Kier molecular flexibility index (Phi) is 4.40. The SMILES string of the molecule is O=C(OCc1cccc2ccccc12)[C@@H]1CC(=O)N(c2ccccc2)C1. The maximum atomic E-state index is 12.5. The van der Waals surface area contributed by atoms with Crippen molar-refractivity contribution in [2.75, 3.05) is 11.4 Å². The number of hydrogen-bond donors (Lipinski definition) is 0. The van der Waals surface area contributed by atoms with Gasteiger partial charge in [-0.25, -0.2) is 0 Å². The molecule has 1 amide bonds. The fraction of sp³-hybridized carbons (Fsp3) is 0.182. The molecular formula is C22H19NO3. The van der Waals surface area contributed by atoms with E-state index in [9.17, 15) is 9.59 Å². The van der Waals surface area contributed by atoms with Gasteiger partial charge in [-0.15, -0.1) is 0 Å². The minimum absolute atomic E-state index is 0.0386. The van der Waals surface area contributed by atoms with Gasteiger partial charge in [0, 0.05) is 18.7 Å². The van der Waals surface area contributed by atoms with Gasteiger partial charge in [-0.2, -0.15) is 0 Å². The van der Waals surface area contributed by atoms with Crippen LogP contribution in [0.2, 0.25) is 0 Å². The molecule has 4 nitrogen and oxygen atoms in total. The summed E-state index contributed by atoms with van der Waals surface area (Å²) in [6.07, 6.45) is 0.198. The predicted molar refractivity (Wildman–Crippen MR) is 101 cm³/mol. The van der Waals surface area contributed by atoms with Gasteiger partial charge in [0.1, 0.15) is 6.61 Å². The van der Waals surface area contributed by atoms with E-state index in [2.05, 4.69) is 0 Å². The highest BCUT2D eigenvalue weighted by Crippen LogP contribution is 2.26. The molecule has 0 aliphatic carbocycles. The van der Waals surface area contributed by atoms with Crippen molar-refractivity contribution >= 4 is 28.3 Å². The summed E-state index contributed by atoms with van der Waals surface area (Å²) in [7, 11) is 0. The van der Waals surface area contributed by atoms with Crippen LogP contribution in [0.15, 0.2) is 72.8 Å². The molecule has 0 radical (unpaired) electrons. The van der Waals surface area contributed by atoms with Gasteiger partial charge in [0.2, 0.25) is 5.91 Å². The first-order chi connectivity index (χ1) is 12.7. The lowest BCUT2D eigenvalue weighted by Crippen LogP contribution is -2.26. The Bertz CT molecular complexity index is 947. The molecule has 1 atom stereocenters. The van der Waals surface area contributed by atoms with E-state index < -0.39 is 5.92 Å². The van der Waals surface area contributed by atoms with E-state index in [-0.39, 0.29) is 24.9 Å². The number of nitrogens with zero attached hydrogens (tertiary/aromatic N) is 1. The maximum Gasteiger partial charge on any atom is 0.311 e. The second-order valence-electron chi connectivity index (χ2n) is 6.49. The number of anilines is 1. The number of amides is 1. The summed E-state index contributed by atoms with van der Waals surface area (Å²) in [4.78, 5) is 26.4. The zero-order valence-electron chi connectivity index (χ0n) is 14.3. The highest BCUT2D eigenvalue weighted by atomic mass is 16.5. The Labute approximate surface area is 152 Å². The molecule has 0 aromatic heterocycles. The third-order valence-corrected chi connectivity index (χ3v) is 4.78. The van der Waals surface area contributed by atoms with Crippen molar-refractivity contribution in [2.45, 2.75) is 13.0 Å². The van der Waals surface area contributed by atoms with Crippen LogP contribution in [-0.4, -0.2) is 18.4 Å². The standard InChI is InChI=1S/C22H19NO3/c24-21-13-18(14-23(21)19-10-2-1-3-11-19)22(25)26-15-17-9-6-8-16-7-4-5-12-20(16)17/h1-12,18H,13-15H2/t18-/m1/s1. The van der Waals surface area contributed by atoms with Crippen molar-refractivity contribution in [3.63, 3.8) is 0 Å². The average molecular weight is 345 g/mol. The van der Waals surface area contributed by atoms with Crippen molar-refractivity contribution < 1.29 is 14.3 Å². The molecule has 1 fully saturated rings. The second kappa shape index (κ2) is 7.00. The lowest BCUT2D eigenvalue weighted by Gasteiger charge is -2.16. The highest BCUT2D eigenvalue weighted by molar-refractivity contribution is 5.99. The summed E-state index contributed by atoms with van der Waals surface area (Å²) in [6.45, 7) is 0.591. The zero-order valence-corrected chi connectivity index (χ0v) is 14.3. The molecule has 4 heteroatoms. The molecule has 1 aliphatic rings. The molecule has 130 valence electrons. The molecule has 1 aliphatic heterocycles. The molecule has 0 N–H and O–H groups in total. The molecule has 3 aromatic rings. The monoisotopic (exact) mass is 345 g/mol. The number of hydrogen-bond acceptors (Lipinski definition) is 3. The minimum Gasteiger partial charge on any atom is -0.461 e. The number of fused-ring (bicyclic) bond motifs is 1. The second-order valence-corrected chi connectivity index (χ2v) is 6.49. The Morgan fingerprint density at radius 2 is 1.69 bits per heavy atom. The van der Waals surface area contributed by atoms with Crippen LogP contribution in [0.1, 0.15) is 12.0 Å². The minimum atomic E-state index is -0.419. The average Bonchev–Trinajstić information content (AvgIpc) is 3.08. The lowest BCUT2D eigenvalue weighted by atomic mass is 10.1. The maximum absolute atomic E-state index is 12.5. The number of benzene rings is 3. The van der Waals surface area contributed by atoms with Gasteiger partial charge >= 0.3 is 5.97 Å². The van der Waals surface area contributed by atoms with Gasteiger partial charge in [0.15, 0.2) is 0 Å². The first-order valence-corrected chi connectivity index (χ1v) is 8.71. The number of para-hydroxylation sites is 1. The molecule has 0 bridgehead atoms. The van der Waals surface area contributed by atoms with Crippen LogP contribution in [0, 0.1) is 5.92 Å². The van der Waals surface area contributed by atoms with Crippen LogP contribution in [0.5, 0.6) is 0 Å². The van der Waals surface area contributed by atoms with Crippen molar-refractivity contribution in [3.8, 4) is 0 Å². The van der Waals surface area contributed by atoms with E-state index in [1.54, 1.807) is 4.90 Å². The van der Waals surface area contributed by atoms with Gasteiger partial charge in [0.25, 0.3) is 0 Å². The van der Waals surface area contributed by atoms with Gasteiger partial charge in [-0.3, -0.25) is 9.59 Å². The van der Waals surface area contributed by atoms with E-state index in [0.29, 0.717) is 6.54 Å². The van der Waals surface area contributed by atoms with E-state index in [0.717, 1.165) is 22.0 Å². The van der Waals surface area contributed by atoms with Crippen molar-refractivity contribution in [3.05, 3.63) is 78.4 Å². The van der Waals surface area contributed by atoms with E-state index in [1.165, 1.54) is 0 Å². The van der Waals surface area contributed by atoms with E-state index in [1.807, 2.05) is 72.8 Å².